The summed E-state index contributed by atoms with van der Waals surface area (Å²) in [5, 5.41) is 5.12. The molecule has 0 fully saturated rings. The van der Waals surface area contributed by atoms with Crippen molar-refractivity contribution >= 4 is 22.9 Å². The van der Waals surface area contributed by atoms with E-state index in [9.17, 15) is 4.79 Å². The first-order valence-electron chi connectivity index (χ1n) is 6.73. The molecule has 0 bridgehead atoms. The van der Waals surface area contributed by atoms with Crippen LogP contribution in [0.1, 0.15) is 10.5 Å². The van der Waals surface area contributed by atoms with Crippen molar-refractivity contribution in [3.63, 3.8) is 0 Å². The van der Waals surface area contributed by atoms with Gasteiger partial charge in [-0.05, 0) is 12.1 Å². The second-order valence-electron chi connectivity index (χ2n) is 4.57. The molecule has 6 nitrogen and oxygen atoms in total. The summed E-state index contributed by atoms with van der Waals surface area (Å²) < 4.78 is 15.6. The minimum absolute atomic E-state index is 0.311. The lowest BCUT2D eigenvalue weighted by Gasteiger charge is -2.09. The number of nitrogens with zero attached hydrogens (tertiary/aromatic N) is 1. The Morgan fingerprint density at radius 2 is 1.96 bits per heavy atom. The van der Waals surface area contributed by atoms with E-state index in [0.717, 1.165) is 0 Å². The van der Waals surface area contributed by atoms with Gasteiger partial charge in [0.05, 0.1) is 20.5 Å². The Hall–Kier alpha value is -2.80. The molecule has 0 aliphatic heterocycles. The van der Waals surface area contributed by atoms with Gasteiger partial charge >= 0.3 is 0 Å². The molecule has 23 heavy (non-hydrogen) atoms. The fraction of sp³-hybridized carbons (Fsp3) is 0.125. The molecule has 1 amide bonds. The molecule has 118 valence electrons. The molecule has 2 aromatic heterocycles. The first kappa shape index (κ1) is 15.1. The summed E-state index contributed by atoms with van der Waals surface area (Å²) in [4.78, 5) is 16.6. The Labute approximate surface area is 136 Å². The molecule has 0 unspecified atom stereocenters. The topological polar surface area (TPSA) is 73.6 Å². The predicted molar refractivity (Wildman–Crippen MR) is 87.3 cm³/mol. The number of hydrogen-bond acceptors (Lipinski definition) is 6. The third-order valence-electron chi connectivity index (χ3n) is 3.08. The van der Waals surface area contributed by atoms with Crippen molar-refractivity contribution in [3.8, 4) is 22.3 Å². The number of thiazole rings is 1. The molecule has 0 atom stereocenters. The summed E-state index contributed by atoms with van der Waals surface area (Å²) in [6, 6.07) is 8.72. The highest BCUT2D eigenvalue weighted by Crippen LogP contribution is 2.27. The van der Waals surface area contributed by atoms with Crippen molar-refractivity contribution < 1.29 is 18.7 Å². The molecule has 0 saturated heterocycles. The summed E-state index contributed by atoms with van der Waals surface area (Å²) in [6.07, 6.45) is 1.57. The lowest BCUT2D eigenvalue weighted by Crippen LogP contribution is -2.12. The van der Waals surface area contributed by atoms with Crippen LogP contribution >= 0.6 is 11.3 Å². The van der Waals surface area contributed by atoms with Crippen LogP contribution in [0.15, 0.2) is 46.4 Å². The van der Waals surface area contributed by atoms with E-state index in [1.807, 2.05) is 0 Å². The van der Waals surface area contributed by atoms with Gasteiger partial charge in [-0.2, -0.15) is 0 Å². The van der Waals surface area contributed by atoms with Gasteiger partial charge in [-0.15, -0.1) is 11.3 Å². The second-order valence-corrected chi connectivity index (χ2v) is 5.43. The molecule has 2 heterocycles. The predicted octanol–water partition coefficient (Wildman–Crippen LogP) is 3.67. The molecule has 0 spiro atoms. The smallest absolute Gasteiger partial charge is 0.275 e. The molecule has 3 rings (SSSR count). The Kier molecular flexibility index (Phi) is 4.29. The maximum Gasteiger partial charge on any atom is 0.275 e. The van der Waals surface area contributed by atoms with E-state index in [0.29, 0.717) is 33.6 Å². The number of methoxy groups -OCH3 is 2. The van der Waals surface area contributed by atoms with Crippen molar-refractivity contribution in [2.75, 3.05) is 19.5 Å². The Bertz CT molecular complexity index is 789. The van der Waals surface area contributed by atoms with Gasteiger partial charge in [-0.25, -0.2) is 4.98 Å². The highest BCUT2D eigenvalue weighted by atomic mass is 32.1. The number of amides is 1. The first-order valence-corrected chi connectivity index (χ1v) is 7.61. The van der Waals surface area contributed by atoms with Crippen LogP contribution in [-0.4, -0.2) is 25.1 Å². The van der Waals surface area contributed by atoms with Gasteiger partial charge in [0.2, 0.25) is 0 Å². The summed E-state index contributed by atoms with van der Waals surface area (Å²) in [5.74, 6) is 1.51. The van der Waals surface area contributed by atoms with Gasteiger partial charge in [0.25, 0.3) is 5.91 Å². The quantitative estimate of drug-likeness (QED) is 0.772. The minimum Gasteiger partial charge on any atom is -0.497 e. The van der Waals surface area contributed by atoms with Crippen LogP contribution in [0.5, 0.6) is 11.5 Å². The van der Waals surface area contributed by atoms with Crippen LogP contribution in [0.3, 0.4) is 0 Å². The monoisotopic (exact) mass is 330 g/mol. The molecule has 3 aromatic rings. The number of furan rings is 1. The van der Waals surface area contributed by atoms with Crippen LogP contribution in [0.2, 0.25) is 0 Å². The van der Waals surface area contributed by atoms with Gasteiger partial charge in [0, 0.05) is 29.3 Å². The Balaban J connectivity index is 1.79. The highest BCUT2D eigenvalue weighted by molar-refractivity contribution is 7.13. The SMILES string of the molecule is COc1cc(NC(=O)c2csc(-c3ccco3)n2)cc(OC)c1. The molecular weight excluding hydrogens is 316 g/mol. The number of nitrogens with one attached hydrogen (secondary N) is 1. The zero-order valence-electron chi connectivity index (χ0n) is 12.5. The number of anilines is 1. The number of hydrogen-bond donors (Lipinski definition) is 1. The lowest BCUT2D eigenvalue weighted by atomic mass is 10.2. The summed E-state index contributed by atoms with van der Waals surface area (Å²) in [5.41, 5.74) is 0.891. The van der Waals surface area contributed by atoms with E-state index in [4.69, 9.17) is 13.9 Å². The lowest BCUT2D eigenvalue weighted by molar-refractivity contribution is 0.102. The largest absolute Gasteiger partial charge is 0.497 e. The fourth-order valence-electron chi connectivity index (χ4n) is 1.97. The molecule has 7 heteroatoms. The summed E-state index contributed by atoms with van der Waals surface area (Å²) in [6.45, 7) is 0. The average molecular weight is 330 g/mol. The van der Waals surface area contributed by atoms with E-state index in [2.05, 4.69) is 10.3 Å². The number of rotatable bonds is 5. The van der Waals surface area contributed by atoms with E-state index in [1.54, 1.807) is 56.2 Å². The number of carbonyl (C=O) groups is 1. The molecule has 0 aliphatic carbocycles. The standard InChI is InChI=1S/C16H14N2O4S/c1-20-11-6-10(7-12(8-11)21-2)17-15(19)13-9-23-16(18-13)14-4-3-5-22-14/h3-9H,1-2H3,(H,17,19). The van der Waals surface area contributed by atoms with E-state index in [-0.39, 0.29) is 5.91 Å². The van der Waals surface area contributed by atoms with Crippen LogP contribution in [-0.2, 0) is 0 Å². The zero-order chi connectivity index (χ0) is 16.2. The number of ether oxygens (including phenoxy) is 2. The Morgan fingerprint density at radius 1 is 1.22 bits per heavy atom. The van der Waals surface area contributed by atoms with Gasteiger partial charge in [-0.1, -0.05) is 0 Å². The van der Waals surface area contributed by atoms with Crippen molar-refractivity contribution in [1.29, 1.82) is 0 Å². The third-order valence-corrected chi connectivity index (χ3v) is 3.93. The maximum atomic E-state index is 12.3. The van der Waals surface area contributed by atoms with E-state index < -0.39 is 0 Å². The van der Waals surface area contributed by atoms with Crippen LogP contribution in [0.4, 0.5) is 5.69 Å². The average Bonchev–Trinajstić information content (AvgIpc) is 3.25. The van der Waals surface area contributed by atoms with E-state index in [1.165, 1.54) is 11.3 Å². The second kappa shape index (κ2) is 6.53. The normalized spacial score (nSPS) is 10.3. The Morgan fingerprint density at radius 3 is 2.57 bits per heavy atom. The van der Waals surface area contributed by atoms with Crippen LogP contribution < -0.4 is 14.8 Å². The molecular formula is C16H14N2O4S. The third kappa shape index (κ3) is 3.35. The van der Waals surface area contributed by atoms with Crippen molar-refractivity contribution in [1.82, 2.24) is 4.98 Å². The van der Waals surface area contributed by atoms with Crippen molar-refractivity contribution in [3.05, 3.63) is 47.7 Å². The van der Waals surface area contributed by atoms with Crippen LogP contribution in [0, 0.1) is 0 Å². The van der Waals surface area contributed by atoms with Crippen molar-refractivity contribution in [2.45, 2.75) is 0 Å². The molecule has 0 aliphatic rings. The minimum atomic E-state index is -0.311. The van der Waals surface area contributed by atoms with Gasteiger partial charge in [-0.3, -0.25) is 4.79 Å². The van der Waals surface area contributed by atoms with Crippen molar-refractivity contribution in [2.24, 2.45) is 0 Å². The van der Waals surface area contributed by atoms with E-state index >= 15 is 0 Å². The number of aromatic nitrogens is 1. The molecule has 0 radical (unpaired) electrons. The fourth-order valence-corrected chi connectivity index (χ4v) is 2.73. The number of benzene rings is 1. The molecule has 1 aromatic carbocycles. The van der Waals surface area contributed by atoms with Gasteiger partial charge < -0.3 is 19.2 Å². The first-order chi connectivity index (χ1) is 11.2. The molecule has 0 saturated carbocycles. The summed E-state index contributed by atoms with van der Waals surface area (Å²) >= 11 is 1.35. The van der Waals surface area contributed by atoms with Crippen LogP contribution in [0.25, 0.3) is 10.8 Å². The summed E-state index contributed by atoms with van der Waals surface area (Å²) in [7, 11) is 3.10. The molecule has 1 N–H and O–H groups in total. The zero-order valence-corrected chi connectivity index (χ0v) is 13.3. The number of carbonyl (C=O) groups excluding carboxylic acids is 1. The maximum absolute atomic E-state index is 12.3. The van der Waals surface area contributed by atoms with Gasteiger partial charge in [0.1, 0.15) is 17.2 Å². The van der Waals surface area contributed by atoms with Gasteiger partial charge in [0.15, 0.2) is 10.8 Å². The highest BCUT2D eigenvalue weighted by Gasteiger charge is 2.14.